The van der Waals surface area contributed by atoms with E-state index in [9.17, 15) is 4.79 Å². The number of nitrogens with zero attached hydrogens (tertiary/aromatic N) is 2. The Kier molecular flexibility index (Phi) is 4.09. The summed E-state index contributed by atoms with van der Waals surface area (Å²) in [6.07, 6.45) is 1.69. The maximum atomic E-state index is 11.1. The number of benzene rings is 1. The fourth-order valence-electron chi connectivity index (χ4n) is 2.13. The number of methoxy groups -OCH3 is 2. The third-order valence-corrected chi connectivity index (χ3v) is 3.27. The molecule has 2 aromatic heterocycles. The summed E-state index contributed by atoms with van der Waals surface area (Å²) in [6, 6.07) is 8.98. The largest absolute Gasteiger partial charge is 0.496 e. The number of aromatic nitrogens is 3. The zero-order valence-electron chi connectivity index (χ0n) is 12.7. The van der Waals surface area contributed by atoms with E-state index in [1.165, 1.54) is 7.11 Å². The van der Waals surface area contributed by atoms with E-state index in [1.54, 1.807) is 25.4 Å². The topological polar surface area (TPSA) is 86.3 Å². The Morgan fingerprint density at radius 2 is 2.13 bits per heavy atom. The van der Waals surface area contributed by atoms with Gasteiger partial charge in [0.1, 0.15) is 17.3 Å². The lowest BCUT2D eigenvalue weighted by Crippen LogP contribution is -2.12. The molecule has 2 heterocycles. The number of carbonyl (C=O) groups is 1. The number of esters is 1. The molecule has 0 saturated carbocycles. The lowest BCUT2D eigenvalue weighted by molar-refractivity contribution is -0.142. The molecule has 0 spiro atoms. The van der Waals surface area contributed by atoms with Gasteiger partial charge < -0.3 is 19.2 Å². The number of rotatable bonds is 5. The van der Waals surface area contributed by atoms with Crippen LogP contribution in [0.25, 0.3) is 22.6 Å². The van der Waals surface area contributed by atoms with Gasteiger partial charge in [-0.3, -0.25) is 0 Å². The minimum absolute atomic E-state index is 0.159. The van der Waals surface area contributed by atoms with Crippen LogP contribution in [0.1, 0.15) is 0 Å². The monoisotopic (exact) mass is 313 g/mol. The molecule has 0 aliphatic heterocycles. The van der Waals surface area contributed by atoms with Gasteiger partial charge in [0.15, 0.2) is 12.3 Å². The summed E-state index contributed by atoms with van der Waals surface area (Å²) in [6.45, 7) is -0.159. The average molecular weight is 313 g/mol. The van der Waals surface area contributed by atoms with Gasteiger partial charge in [-0.1, -0.05) is 0 Å². The molecular weight excluding hydrogens is 298 g/mol. The van der Waals surface area contributed by atoms with Crippen molar-refractivity contribution in [3.8, 4) is 22.9 Å². The second-order valence-electron chi connectivity index (χ2n) is 4.69. The number of pyridine rings is 1. The number of H-pyrrole nitrogens is 1. The number of carbonyl (C=O) groups excluding carboxylic acids is 1. The molecule has 23 heavy (non-hydrogen) atoms. The van der Waals surface area contributed by atoms with Gasteiger partial charge in [-0.15, -0.1) is 0 Å². The number of hydrogen-bond donors (Lipinski definition) is 1. The van der Waals surface area contributed by atoms with Crippen LogP contribution >= 0.6 is 0 Å². The third kappa shape index (κ3) is 3.08. The van der Waals surface area contributed by atoms with Crippen LogP contribution < -0.4 is 9.47 Å². The van der Waals surface area contributed by atoms with Crippen LogP contribution in [0.4, 0.5) is 0 Å². The van der Waals surface area contributed by atoms with E-state index >= 15 is 0 Å². The van der Waals surface area contributed by atoms with Gasteiger partial charge in [-0.2, -0.15) is 0 Å². The Hall–Kier alpha value is -3.09. The van der Waals surface area contributed by atoms with Gasteiger partial charge in [0.05, 0.1) is 25.3 Å². The zero-order valence-corrected chi connectivity index (χ0v) is 12.7. The van der Waals surface area contributed by atoms with Crippen molar-refractivity contribution in [1.82, 2.24) is 15.0 Å². The molecule has 7 nitrogen and oxygen atoms in total. The highest BCUT2D eigenvalue weighted by Crippen LogP contribution is 2.32. The molecule has 0 atom stereocenters. The Bertz CT molecular complexity index is 811. The molecule has 7 heteroatoms. The van der Waals surface area contributed by atoms with Crippen LogP contribution in [0.15, 0.2) is 36.5 Å². The van der Waals surface area contributed by atoms with Crippen LogP contribution in [0, 0.1) is 0 Å². The molecule has 3 aromatic rings. The van der Waals surface area contributed by atoms with Crippen molar-refractivity contribution in [1.29, 1.82) is 0 Å². The van der Waals surface area contributed by atoms with Crippen LogP contribution in [0.3, 0.4) is 0 Å². The highest BCUT2D eigenvalue weighted by molar-refractivity contribution is 5.78. The minimum atomic E-state index is -0.448. The Balaban J connectivity index is 1.91. The molecule has 0 aliphatic carbocycles. The van der Waals surface area contributed by atoms with E-state index < -0.39 is 5.97 Å². The zero-order chi connectivity index (χ0) is 16.2. The molecule has 0 unspecified atom stereocenters. The summed E-state index contributed by atoms with van der Waals surface area (Å²) in [4.78, 5) is 23.0. The first-order chi connectivity index (χ1) is 11.2. The number of imidazole rings is 1. The van der Waals surface area contributed by atoms with E-state index in [1.807, 2.05) is 18.2 Å². The fraction of sp³-hybridized carbons (Fsp3) is 0.188. The lowest BCUT2D eigenvalue weighted by atomic mass is 10.2. The van der Waals surface area contributed by atoms with Gasteiger partial charge in [0.25, 0.3) is 0 Å². The summed E-state index contributed by atoms with van der Waals surface area (Å²) in [5.74, 6) is 1.28. The molecule has 118 valence electrons. The number of fused-ring (bicyclic) bond motifs is 1. The van der Waals surface area contributed by atoms with E-state index in [2.05, 4.69) is 19.7 Å². The van der Waals surface area contributed by atoms with Gasteiger partial charge >= 0.3 is 5.97 Å². The van der Waals surface area contributed by atoms with Gasteiger partial charge in [-0.05, 0) is 24.3 Å². The van der Waals surface area contributed by atoms with Gasteiger partial charge in [-0.25, -0.2) is 14.8 Å². The summed E-state index contributed by atoms with van der Waals surface area (Å²) in [5.41, 5.74) is 2.25. The van der Waals surface area contributed by atoms with E-state index in [0.717, 1.165) is 11.1 Å². The minimum Gasteiger partial charge on any atom is -0.496 e. The van der Waals surface area contributed by atoms with Crippen molar-refractivity contribution in [3.05, 3.63) is 36.5 Å². The van der Waals surface area contributed by atoms with Crippen molar-refractivity contribution in [3.63, 3.8) is 0 Å². The molecule has 1 N–H and O–H groups in total. The summed E-state index contributed by atoms with van der Waals surface area (Å²) in [7, 11) is 2.87. The Labute approximate surface area is 132 Å². The summed E-state index contributed by atoms with van der Waals surface area (Å²) >= 11 is 0. The molecular formula is C16H15N3O4. The van der Waals surface area contributed by atoms with E-state index in [-0.39, 0.29) is 6.61 Å². The fourth-order valence-corrected chi connectivity index (χ4v) is 2.13. The van der Waals surface area contributed by atoms with E-state index in [4.69, 9.17) is 9.47 Å². The molecule has 3 rings (SSSR count). The van der Waals surface area contributed by atoms with Crippen LogP contribution in [-0.2, 0) is 9.53 Å². The van der Waals surface area contributed by atoms with Crippen molar-refractivity contribution in [2.45, 2.75) is 0 Å². The number of nitrogens with one attached hydrogen (secondary N) is 1. The first-order valence-corrected chi connectivity index (χ1v) is 6.90. The van der Waals surface area contributed by atoms with Crippen molar-refractivity contribution < 1.29 is 19.0 Å². The van der Waals surface area contributed by atoms with Gasteiger partial charge in [0.2, 0.25) is 0 Å². The quantitative estimate of drug-likeness (QED) is 0.727. The summed E-state index contributed by atoms with van der Waals surface area (Å²) in [5, 5.41) is 0. The number of ether oxygens (including phenoxy) is 3. The van der Waals surface area contributed by atoms with E-state index in [0.29, 0.717) is 23.0 Å². The Morgan fingerprint density at radius 3 is 2.87 bits per heavy atom. The molecule has 0 saturated heterocycles. The second kappa shape index (κ2) is 6.35. The normalized spacial score (nSPS) is 10.5. The highest BCUT2D eigenvalue weighted by Gasteiger charge is 2.13. The standard InChI is InChI=1S/C16H15N3O4/c1-21-13-8-10(23-9-14(20)22-2)5-6-11(13)15-18-12-4-3-7-17-16(12)19-15/h3-8H,9H2,1-2H3,(H,17,18,19). The highest BCUT2D eigenvalue weighted by atomic mass is 16.6. The molecule has 0 aliphatic rings. The first kappa shape index (κ1) is 14.8. The predicted octanol–water partition coefficient (Wildman–Crippen LogP) is 2.19. The van der Waals surface area contributed by atoms with Crippen LogP contribution in [0.5, 0.6) is 11.5 Å². The maximum Gasteiger partial charge on any atom is 0.343 e. The molecule has 0 radical (unpaired) electrons. The molecule has 0 bridgehead atoms. The predicted molar refractivity (Wildman–Crippen MR) is 83.4 cm³/mol. The van der Waals surface area contributed by atoms with Crippen LogP contribution in [-0.4, -0.2) is 41.7 Å². The number of hydrogen-bond acceptors (Lipinski definition) is 6. The van der Waals surface area contributed by atoms with Crippen molar-refractivity contribution >= 4 is 17.1 Å². The third-order valence-electron chi connectivity index (χ3n) is 3.27. The molecule has 0 amide bonds. The summed E-state index contributed by atoms with van der Waals surface area (Å²) < 4.78 is 15.3. The van der Waals surface area contributed by atoms with Crippen molar-refractivity contribution in [2.75, 3.05) is 20.8 Å². The number of aromatic amines is 1. The lowest BCUT2D eigenvalue weighted by Gasteiger charge is -2.10. The molecule has 1 aromatic carbocycles. The SMILES string of the molecule is COC(=O)COc1ccc(-c2nc3ncccc3[nH]2)c(OC)c1. The van der Waals surface area contributed by atoms with Crippen molar-refractivity contribution in [2.24, 2.45) is 0 Å². The smallest absolute Gasteiger partial charge is 0.343 e. The van der Waals surface area contributed by atoms with Gasteiger partial charge in [0, 0.05) is 12.3 Å². The van der Waals surface area contributed by atoms with Crippen LogP contribution in [0.2, 0.25) is 0 Å². The average Bonchev–Trinajstić information content (AvgIpc) is 3.03. The maximum absolute atomic E-state index is 11.1. The molecule has 0 fully saturated rings. The first-order valence-electron chi connectivity index (χ1n) is 6.90. The second-order valence-corrected chi connectivity index (χ2v) is 4.69. The Morgan fingerprint density at radius 1 is 1.26 bits per heavy atom.